The third kappa shape index (κ3) is 1.72. The average Bonchev–Trinajstić information content (AvgIpc) is 2.68. The first-order chi connectivity index (χ1) is 7.69. The minimum Gasteiger partial charge on any atom is -0.347 e. The molecular weight excluding hydrogens is 220 g/mol. The third-order valence-corrected chi connectivity index (χ3v) is 3.44. The lowest BCUT2D eigenvalue weighted by atomic mass is 10.1. The fraction of sp³-hybridized carbons (Fsp3) is 0.385. The number of aromatic nitrogens is 1. The Hall–Kier alpha value is -0.990. The van der Waals surface area contributed by atoms with E-state index in [1.165, 1.54) is 16.5 Å². The first-order valence-corrected chi connectivity index (χ1v) is 6.01. The second-order valence-corrected chi connectivity index (χ2v) is 4.42. The molecule has 0 amide bonds. The highest BCUT2D eigenvalue weighted by molar-refractivity contribution is 6.35. The predicted octanol–water partition coefficient (Wildman–Crippen LogP) is 3.60. The van der Waals surface area contributed by atoms with E-state index >= 15 is 0 Å². The van der Waals surface area contributed by atoms with Crippen molar-refractivity contribution in [3.05, 3.63) is 35.0 Å². The number of hydrogen-bond acceptors (Lipinski definition) is 1. The van der Waals surface area contributed by atoms with Crippen molar-refractivity contribution in [3.8, 4) is 0 Å². The van der Waals surface area contributed by atoms with Crippen LogP contribution in [0.1, 0.15) is 25.5 Å². The minimum atomic E-state index is 0.315. The molecule has 0 saturated carbocycles. The maximum atomic E-state index is 6.29. The quantitative estimate of drug-likeness (QED) is 0.862. The normalized spacial score (nSPS) is 13.2. The van der Waals surface area contributed by atoms with Gasteiger partial charge in [-0.1, -0.05) is 17.7 Å². The number of aryl methyl sites for hydroxylation is 1. The Bertz CT molecular complexity index is 502. The van der Waals surface area contributed by atoms with E-state index in [4.69, 9.17) is 11.6 Å². The lowest BCUT2D eigenvalue weighted by Gasteiger charge is -2.09. The van der Waals surface area contributed by atoms with Gasteiger partial charge in [0, 0.05) is 29.7 Å². The highest BCUT2D eigenvalue weighted by Gasteiger charge is 2.14. The van der Waals surface area contributed by atoms with E-state index < -0.39 is 0 Å². The summed E-state index contributed by atoms with van der Waals surface area (Å²) < 4.78 is 2.24. The molecule has 1 unspecified atom stereocenters. The van der Waals surface area contributed by atoms with Gasteiger partial charge in [-0.25, -0.2) is 0 Å². The molecule has 2 nitrogen and oxygen atoms in total. The molecule has 2 aromatic rings. The van der Waals surface area contributed by atoms with Crippen molar-refractivity contribution >= 4 is 22.5 Å². The van der Waals surface area contributed by atoms with E-state index in [0.717, 1.165) is 11.6 Å². The van der Waals surface area contributed by atoms with Crippen LogP contribution in [0.15, 0.2) is 24.4 Å². The monoisotopic (exact) mass is 236 g/mol. The van der Waals surface area contributed by atoms with Crippen LogP contribution >= 0.6 is 11.6 Å². The highest BCUT2D eigenvalue weighted by Crippen LogP contribution is 2.32. The molecule has 1 aromatic carbocycles. The third-order valence-electron chi connectivity index (χ3n) is 3.12. The number of nitrogens with zero attached hydrogens (tertiary/aromatic N) is 1. The largest absolute Gasteiger partial charge is 0.347 e. The Morgan fingerprint density at radius 3 is 2.81 bits per heavy atom. The number of halogens is 1. The second kappa shape index (κ2) is 4.48. The zero-order valence-corrected chi connectivity index (χ0v) is 10.7. The molecule has 0 aliphatic heterocycles. The SMILES string of the molecule is CCn1cc(C(C)NC)c2c(Cl)cccc21. The van der Waals surface area contributed by atoms with Gasteiger partial charge in [-0.15, -0.1) is 0 Å². The number of hydrogen-bond donors (Lipinski definition) is 1. The molecule has 0 fully saturated rings. The van der Waals surface area contributed by atoms with Gasteiger partial charge in [0.05, 0.1) is 5.02 Å². The summed E-state index contributed by atoms with van der Waals surface area (Å²) in [4.78, 5) is 0. The van der Waals surface area contributed by atoms with Gasteiger partial charge < -0.3 is 9.88 Å². The van der Waals surface area contributed by atoms with E-state index in [2.05, 4.69) is 36.0 Å². The summed E-state index contributed by atoms with van der Waals surface area (Å²) in [6, 6.07) is 6.40. The van der Waals surface area contributed by atoms with Crippen molar-refractivity contribution in [2.24, 2.45) is 0 Å². The molecule has 3 heteroatoms. The van der Waals surface area contributed by atoms with Crippen LogP contribution in [0.25, 0.3) is 10.9 Å². The maximum Gasteiger partial charge on any atom is 0.0503 e. The van der Waals surface area contributed by atoms with Gasteiger partial charge in [-0.2, -0.15) is 0 Å². The first-order valence-electron chi connectivity index (χ1n) is 5.63. The topological polar surface area (TPSA) is 17.0 Å². The van der Waals surface area contributed by atoms with Crippen molar-refractivity contribution in [1.82, 2.24) is 9.88 Å². The van der Waals surface area contributed by atoms with E-state index in [9.17, 15) is 0 Å². The van der Waals surface area contributed by atoms with E-state index in [1.54, 1.807) is 0 Å². The smallest absolute Gasteiger partial charge is 0.0503 e. The zero-order valence-electron chi connectivity index (χ0n) is 9.92. The number of benzene rings is 1. The van der Waals surface area contributed by atoms with E-state index in [-0.39, 0.29) is 0 Å². The van der Waals surface area contributed by atoms with Crippen molar-refractivity contribution in [2.45, 2.75) is 26.4 Å². The molecule has 1 heterocycles. The average molecular weight is 237 g/mol. The molecule has 0 radical (unpaired) electrons. The summed E-state index contributed by atoms with van der Waals surface area (Å²) in [6.45, 7) is 5.26. The van der Waals surface area contributed by atoms with Crippen molar-refractivity contribution < 1.29 is 0 Å². The summed E-state index contributed by atoms with van der Waals surface area (Å²) in [7, 11) is 1.97. The maximum absolute atomic E-state index is 6.29. The van der Waals surface area contributed by atoms with Gasteiger partial charge in [0.15, 0.2) is 0 Å². The van der Waals surface area contributed by atoms with Gasteiger partial charge in [-0.05, 0) is 38.6 Å². The van der Waals surface area contributed by atoms with Crippen molar-refractivity contribution in [3.63, 3.8) is 0 Å². The Morgan fingerprint density at radius 2 is 2.19 bits per heavy atom. The Labute approximate surface area is 101 Å². The first kappa shape index (κ1) is 11.5. The molecule has 16 heavy (non-hydrogen) atoms. The molecule has 0 spiro atoms. The minimum absolute atomic E-state index is 0.315. The Balaban J connectivity index is 2.74. The van der Waals surface area contributed by atoms with Crippen LogP contribution < -0.4 is 5.32 Å². The molecule has 0 bridgehead atoms. The second-order valence-electron chi connectivity index (χ2n) is 4.01. The summed E-state index contributed by atoms with van der Waals surface area (Å²) in [6.07, 6.45) is 2.19. The lowest BCUT2D eigenvalue weighted by molar-refractivity contribution is 0.651. The van der Waals surface area contributed by atoms with Crippen molar-refractivity contribution in [1.29, 1.82) is 0 Å². The molecule has 1 aromatic heterocycles. The van der Waals surface area contributed by atoms with Crippen molar-refractivity contribution in [2.75, 3.05) is 7.05 Å². The molecule has 1 atom stereocenters. The molecular formula is C13H17ClN2. The van der Waals surface area contributed by atoms with Gasteiger partial charge in [0.2, 0.25) is 0 Å². The molecule has 1 N–H and O–H groups in total. The summed E-state index contributed by atoms with van der Waals surface area (Å²) >= 11 is 6.29. The fourth-order valence-electron chi connectivity index (χ4n) is 2.09. The van der Waals surface area contributed by atoms with Crippen LogP contribution in [0.4, 0.5) is 0 Å². The lowest BCUT2D eigenvalue weighted by Crippen LogP contribution is -2.11. The standard InChI is InChI=1S/C13H17ClN2/c1-4-16-8-10(9(2)15-3)13-11(14)6-5-7-12(13)16/h5-9,15H,4H2,1-3H3. The van der Waals surface area contributed by atoms with Crippen LogP contribution in [0, 0.1) is 0 Å². The van der Waals surface area contributed by atoms with Crippen LogP contribution in [-0.4, -0.2) is 11.6 Å². The molecule has 0 aliphatic rings. The van der Waals surface area contributed by atoms with Crippen LogP contribution in [0.5, 0.6) is 0 Å². The highest BCUT2D eigenvalue weighted by atomic mass is 35.5. The molecule has 86 valence electrons. The fourth-order valence-corrected chi connectivity index (χ4v) is 2.36. The summed E-state index contributed by atoms with van der Waals surface area (Å²) in [5, 5.41) is 5.27. The molecule has 0 saturated heterocycles. The number of nitrogens with one attached hydrogen (secondary N) is 1. The van der Waals surface area contributed by atoms with Gasteiger partial charge in [0.1, 0.15) is 0 Å². The zero-order chi connectivity index (χ0) is 11.7. The molecule has 2 rings (SSSR count). The van der Waals surface area contributed by atoms with Crippen LogP contribution in [-0.2, 0) is 6.54 Å². The summed E-state index contributed by atoms with van der Waals surface area (Å²) in [5.74, 6) is 0. The summed E-state index contributed by atoms with van der Waals surface area (Å²) in [5.41, 5.74) is 2.48. The number of rotatable bonds is 3. The Kier molecular flexibility index (Phi) is 3.22. The molecule has 0 aliphatic carbocycles. The predicted molar refractivity (Wildman–Crippen MR) is 70.1 cm³/mol. The van der Waals surface area contributed by atoms with E-state index in [0.29, 0.717) is 6.04 Å². The number of fused-ring (bicyclic) bond motifs is 1. The van der Waals surface area contributed by atoms with Gasteiger partial charge in [-0.3, -0.25) is 0 Å². The van der Waals surface area contributed by atoms with Crippen LogP contribution in [0.3, 0.4) is 0 Å². The Morgan fingerprint density at radius 1 is 1.44 bits per heavy atom. The van der Waals surface area contributed by atoms with Gasteiger partial charge in [0.25, 0.3) is 0 Å². The van der Waals surface area contributed by atoms with E-state index in [1.807, 2.05) is 19.2 Å². The van der Waals surface area contributed by atoms with Crippen LogP contribution in [0.2, 0.25) is 5.02 Å². The van der Waals surface area contributed by atoms with Gasteiger partial charge >= 0.3 is 0 Å².